The van der Waals surface area contributed by atoms with Gasteiger partial charge in [-0.2, -0.15) is 0 Å². The normalized spacial score (nSPS) is 10.7. The van der Waals surface area contributed by atoms with Crippen LogP contribution >= 0.6 is 23.6 Å². The van der Waals surface area contributed by atoms with E-state index in [1.807, 2.05) is 11.5 Å². The van der Waals surface area contributed by atoms with Crippen LogP contribution in [-0.2, 0) is 6.54 Å². The van der Waals surface area contributed by atoms with Crippen molar-refractivity contribution in [1.82, 2.24) is 14.2 Å². The lowest BCUT2D eigenvalue weighted by molar-refractivity contribution is 0.256. The fourth-order valence-corrected chi connectivity index (χ4v) is 2.92. The molecule has 0 spiro atoms. The number of aromatic nitrogens is 3. The SMILES string of the molecule is CCCn1c(=S)sc2c(=N)n(NC(N)=O)cnc21. The number of aryl methyl sites for hydroxylation is 1. The molecule has 0 saturated heterocycles. The Morgan fingerprint density at radius 3 is 3.06 bits per heavy atom. The molecule has 0 aliphatic heterocycles. The maximum atomic E-state index is 10.8. The zero-order chi connectivity index (χ0) is 13.3. The molecule has 2 heterocycles. The second kappa shape index (κ2) is 4.86. The van der Waals surface area contributed by atoms with Gasteiger partial charge in [0.1, 0.15) is 11.0 Å². The maximum Gasteiger partial charge on any atom is 0.331 e. The number of carbonyl (C=O) groups excluding carboxylic acids is 1. The van der Waals surface area contributed by atoms with Crippen LogP contribution in [-0.4, -0.2) is 20.3 Å². The minimum absolute atomic E-state index is 0.116. The highest BCUT2D eigenvalue weighted by Gasteiger charge is 2.09. The monoisotopic (exact) mass is 284 g/mol. The molecule has 9 heteroatoms. The quantitative estimate of drug-likeness (QED) is 0.736. The van der Waals surface area contributed by atoms with Gasteiger partial charge in [0.2, 0.25) is 0 Å². The van der Waals surface area contributed by atoms with Crippen LogP contribution in [0.25, 0.3) is 10.3 Å². The van der Waals surface area contributed by atoms with Crippen molar-refractivity contribution in [3.63, 3.8) is 0 Å². The lowest BCUT2D eigenvalue weighted by Gasteiger charge is -2.06. The van der Waals surface area contributed by atoms with Crippen molar-refractivity contribution >= 4 is 39.9 Å². The smallest absolute Gasteiger partial charge is 0.331 e. The number of hydrogen-bond donors (Lipinski definition) is 3. The van der Waals surface area contributed by atoms with Crippen molar-refractivity contribution in [2.24, 2.45) is 5.73 Å². The van der Waals surface area contributed by atoms with Gasteiger partial charge in [0.25, 0.3) is 0 Å². The summed E-state index contributed by atoms with van der Waals surface area (Å²) in [5.41, 5.74) is 8.09. The Morgan fingerprint density at radius 2 is 2.44 bits per heavy atom. The van der Waals surface area contributed by atoms with Crippen molar-refractivity contribution in [2.45, 2.75) is 19.9 Å². The van der Waals surface area contributed by atoms with Gasteiger partial charge in [-0.3, -0.25) is 5.41 Å². The van der Waals surface area contributed by atoms with Crippen molar-refractivity contribution in [3.8, 4) is 0 Å². The molecule has 0 radical (unpaired) electrons. The fraction of sp³-hybridized carbons (Fsp3) is 0.333. The van der Waals surface area contributed by atoms with Crippen molar-refractivity contribution in [1.29, 1.82) is 5.41 Å². The summed E-state index contributed by atoms with van der Waals surface area (Å²) in [6, 6.07) is -0.744. The van der Waals surface area contributed by atoms with Gasteiger partial charge in [-0.15, -0.1) is 0 Å². The highest BCUT2D eigenvalue weighted by Crippen LogP contribution is 2.17. The standard InChI is InChI=1S/C9H12N6OS2/c1-2-3-14-7-5(18-9(14)17)6(10)15(4-12-7)13-8(11)16/h4,10H,2-3H2,1H3,(H3,11,13,16). The van der Waals surface area contributed by atoms with Crippen LogP contribution in [0.3, 0.4) is 0 Å². The molecule has 0 unspecified atom stereocenters. The third-order valence-electron chi connectivity index (χ3n) is 2.30. The molecule has 2 rings (SSSR count). The van der Waals surface area contributed by atoms with E-state index >= 15 is 0 Å². The Hall–Kier alpha value is -1.74. The summed E-state index contributed by atoms with van der Waals surface area (Å²) in [7, 11) is 0. The first-order chi connectivity index (χ1) is 8.54. The van der Waals surface area contributed by atoms with E-state index in [1.165, 1.54) is 22.3 Å². The van der Waals surface area contributed by atoms with Gasteiger partial charge in [-0.05, 0) is 18.6 Å². The summed E-state index contributed by atoms with van der Waals surface area (Å²) < 4.78 is 4.36. The van der Waals surface area contributed by atoms with Crippen molar-refractivity contribution < 1.29 is 4.79 Å². The van der Waals surface area contributed by atoms with E-state index in [2.05, 4.69) is 10.4 Å². The number of hydrogen-bond acceptors (Lipinski definition) is 5. The van der Waals surface area contributed by atoms with E-state index in [0.29, 0.717) is 14.3 Å². The van der Waals surface area contributed by atoms with E-state index in [9.17, 15) is 4.79 Å². The minimum atomic E-state index is -0.744. The van der Waals surface area contributed by atoms with Gasteiger partial charge < -0.3 is 10.3 Å². The zero-order valence-corrected chi connectivity index (χ0v) is 11.3. The number of nitrogens with zero attached hydrogens (tertiary/aromatic N) is 3. The minimum Gasteiger partial charge on any atom is -0.350 e. The second-order valence-corrected chi connectivity index (χ2v) is 5.26. The fourth-order valence-electron chi connectivity index (χ4n) is 1.58. The van der Waals surface area contributed by atoms with Gasteiger partial charge in [-0.25, -0.2) is 19.9 Å². The zero-order valence-electron chi connectivity index (χ0n) is 9.64. The molecule has 0 bridgehead atoms. The summed E-state index contributed by atoms with van der Waals surface area (Å²) in [6.45, 7) is 2.81. The molecule has 0 fully saturated rings. The molecule has 2 amide bonds. The number of primary amides is 1. The van der Waals surface area contributed by atoms with Gasteiger partial charge in [0, 0.05) is 6.54 Å². The van der Waals surface area contributed by atoms with E-state index < -0.39 is 6.03 Å². The van der Waals surface area contributed by atoms with Crippen molar-refractivity contribution in [3.05, 3.63) is 15.8 Å². The first kappa shape index (κ1) is 12.7. The average Bonchev–Trinajstić information content (AvgIpc) is 2.61. The van der Waals surface area contributed by atoms with Gasteiger partial charge in [-0.1, -0.05) is 18.3 Å². The van der Waals surface area contributed by atoms with Crippen LogP contribution in [0.4, 0.5) is 4.79 Å². The first-order valence-electron chi connectivity index (χ1n) is 5.26. The van der Waals surface area contributed by atoms with Crippen LogP contribution < -0.4 is 16.6 Å². The summed E-state index contributed by atoms with van der Waals surface area (Å²) >= 11 is 6.55. The predicted molar refractivity (Wildman–Crippen MR) is 71.5 cm³/mol. The molecular formula is C9H12N6OS2. The van der Waals surface area contributed by atoms with Crippen molar-refractivity contribution in [2.75, 3.05) is 5.43 Å². The molecule has 18 heavy (non-hydrogen) atoms. The molecule has 7 nitrogen and oxygen atoms in total. The van der Waals surface area contributed by atoms with Crippen LogP contribution in [0, 0.1) is 9.36 Å². The lowest BCUT2D eigenvalue weighted by atomic mass is 10.4. The summed E-state index contributed by atoms with van der Waals surface area (Å²) in [5, 5.41) is 7.98. The van der Waals surface area contributed by atoms with Gasteiger partial charge >= 0.3 is 6.03 Å². The maximum absolute atomic E-state index is 10.8. The molecular weight excluding hydrogens is 272 g/mol. The number of rotatable bonds is 3. The number of fused-ring (bicyclic) bond motifs is 1. The van der Waals surface area contributed by atoms with Crippen LogP contribution in [0.5, 0.6) is 0 Å². The number of thiazole rings is 1. The molecule has 2 aromatic rings. The molecule has 2 aromatic heterocycles. The highest BCUT2D eigenvalue weighted by atomic mass is 32.1. The third-order valence-corrected chi connectivity index (χ3v) is 3.74. The van der Waals surface area contributed by atoms with E-state index in [4.69, 9.17) is 23.4 Å². The topological polar surface area (TPSA) is 102 Å². The Bertz CT molecular complexity index is 712. The molecule has 96 valence electrons. The Kier molecular flexibility index (Phi) is 3.43. The Labute approximate surface area is 111 Å². The number of carbonyl (C=O) groups is 1. The number of urea groups is 1. The highest BCUT2D eigenvalue weighted by molar-refractivity contribution is 7.73. The van der Waals surface area contributed by atoms with Crippen LogP contribution in [0.15, 0.2) is 6.33 Å². The van der Waals surface area contributed by atoms with Gasteiger partial charge in [0.05, 0.1) is 0 Å². The lowest BCUT2D eigenvalue weighted by Crippen LogP contribution is -2.36. The summed E-state index contributed by atoms with van der Waals surface area (Å²) in [6.07, 6.45) is 2.28. The average molecular weight is 284 g/mol. The molecule has 0 aliphatic rings. The number of nitrogens with one attached hydrogen (secondary N) is 2. The number of amides is 2. The van der Waals surface area contributed by atoms with Gasteiger partial charge in [0.15, 0.2) is 15.1 Å². The first-order valence-corrected chi connectivity index (χ1v) is 6.49. The largest absolute Gasteiger partial charge is 0.350 e. The van der Waals surface area contributed by atoms with E-state index in [1.54, 1.807) is 0 Å². The molecule has 0 aliphatic carbocycles. The Morgan fingerprint density at radius 1 is 1.72 bits per heavy atom. The van der Waals surface area contributed by atoms with E-state index in [-0.39, 0.29) is 5.49 Å². The predicted octanol–water partition coefficient (Wildman–Crippen LogP) is 1.14. The summed E-state index contributed by atoms with van der Waals surface area (Å²) in [4.78, 5) is 15.0. The number of nitrogens with two attached hydrogens (primary N) is 1. The van der Waals surface area contributed by atoms with E-state index in [0.717, 1.165) is 13.0 Å². The van der Waals surface area contributed by atoms with Crippen LogP contribution in [0.1, 0.15) is 13.3 Å². The molecule has 4 N–H and O–H groups in total. The second-order valence-electron chi connectivity index (χ2n) is 3.61. The molecule has 0 saturated carbocycles. The third kappa shape index (κ3) is 2.14. The van der Waals surface area contributed by atoms with Crippen LogP contribution in [0.2, 0.25) is 0 Å². The Balaban J connectivity index is 2.66. The summed E-state index contributed by atoms with van der Waals surface area (Å²) in [5.74, 6) is 0. The molecule has 0 aromatic carbocycles. The molecule has 0 atom stereocenters.